The summed E-state index contributed by atoms with van der Waals surface area (Å²) >= 11 is 6.11. The number of nitrogens with two attached hydrogens (primary N) is 1. The quantitative estimate of drug-likeness (QED) is 0.861. The number of hydrogen-bond acceptors (Lipinski definition) is 1. The summed E-state index contributed by atoms with van der Waals surface area (Å²) < 4.78 is 0. The van der Waals surface area contributed by atoms with Gasteiger partial charge in [-0.05, 0) is 29.2 Å². The molecule has 0 fully saturated rings. The van der Waals surface area contributed by atoms with Gasteiger partial charge in [0.15, 0.2) is 0 Å². The molecule has 0 aromatic heterocycles. The molecular weight excluding hydrogens is 218 g/mol. The second-order valence-corrected chi connectivity index (χ2v) is 4.20. The molecule has 0 unspecified atom stereocenters. The van der Waals surface area contributed by atoms with Crippen LogP contribution in [0.1, 0.15) is 16.7 Å². The van der Waals surface area contributed by atoms with Crippen molar-refractivity contribution in [3.63, 3.8) is 0 Å². The second kappa shape index (κ2) is 5.15. The van der Waals surface area contributed by atoms with Crippen molar-refractivity contribution < 1.29 is 0 Å². The lowest BCUT2D eigenvalue weighted by atomic mass is 10.0. The van der Waals surface area contributed by atoms with Crippen LogP contribution in [-0.4, -0.2) is 0 Å². The van der Waals surface area contributed by atoms with Crippen LogP contribution < -0.4 is 5.73 Å². The molecular formula is C14H14ClN. The van der Waals surface area contributed by atoms with Gasteiger partial charge in [0.25, 0.3) is 0 Å². The molecule has 0 bridgehead atoms. The summed E-state index contributed by atoms with van der Waals surface area (Å²) in [6.45, 7) is 0.590. The molecule has 0 aliphatic heterocycles. The van der Waals surface area contributed by atoms with Crippen molar-refractivity contribution in [2.45, 2.75) is 13.0 Å². The number of halogens is 1. The van der Waals surface area contributed by atoms with E-state index in [0.717, 1.165) is 22.6 Å². The third-order valence-electron chi connectivity index (χ3n) is 2.61. The van der Waals surface area contributed by atoms with Crippen LogP contribution in [0.5, 0.6) is 0 Å². The van der Waals surface area contributed by atoms with E-state index in [1.807, 2.05) is 18.2 Å². The molecule has 1 nitrogen and oxygen atoms in total. The fourth-order valence-electron chi connectivity index (χ4n) is 1.65. The van der Waals surface area contributed by atoms with E-state index in [9.17, 15) is 0 Å². The fraction of sp³-hybridized carbons (Fsp3) is 0.143. The van der Waals surface area contributed by atoms with Gasteiger partial charge in [0.1, 0.15) is 0 Å². The van der Waals surface area contributed by atoms with Crippen LogP contribution in [0.25, 0.3) is 0 Å². The zero-order valence-corrected chi connectivity index (χ0v) is 9.74. The van der Waals surface area contributed by atoms with Crippen molar-refractivity contribution >= 4 is 11.6 Å². The summed E-state index contributed by atoms with van der Waals surface area (Å²) in [7, 11) is 0. The van der Waals surface area contributed by atoms with Crippen molar-refractivity contribution in [3.05, 3.63) is 70.2 Å². The van der Waals surface area contributed by atoms with Crippen LogP contribution in [-0.2, 0) is 13.0 Å². The molecule has 0 radical (unpaired) electrons. The lowest BCUT2D eigenvalue weighted by Crippen LogP contribution is -1.96. The summed E-state index contributed by atoms with van der Waals surface area (Å²) in [5, 5.41) is 0.824. The average Bonchev–Trinajstić information content (AvgIpc) is 2.33. The first-order chi connectivity index (χ1) is 7.79. The van der Waals surface area contributed by atoms with Crippen LogP contribution in [0.2, 0.25) is 5.02 Å². The Bertz CT molecular complexity index is 462. The zero-order chi connectivity index (χ0) is 11.4. The van der Waals surface area contributed by atoms with Gasteiger partial charge in [-0.1, -0.05) is 54.1 Å². The minimum atomic E-state index is 0.590. The molecule has 0 spiro atoms. The topological polar surface area (TPSA) is 26.0 Å². The summed E-state index contributed by atoms with van der Waals surface area (Å²) in [6, 6.07) is 16.3. The minimum absolute atomic E-state index is 0.590. The SMILES string of the molecule is NCc1ccc(Cc2ccccc2Cl)cc1. The highest BCUT2D eigenvalue weighted by atomic mass is 35.5. The van der Waals surface area contributed by atoms with Gasteiger partial charge in [-0.15, -0.1) is 0 Å². The predicted octanol–water partition coefficient (Wildman–Crippen LogP) is 3.39. The first-order valence-electron chi connectivity index (χ1n) is 5.31. The van der Waals surface area contributed by atoms with Crippen LogP contribution in [0.3, 0.4) is 0 Å². The molecule has 2 heteroatoms. The molecule has 0 amide bonds. The highest BCUT2D eigenvalue weighted by molar-refractivity contribution is 6.31. The van der Waals surface area contributed by atoms with Gasteiger partial charge in [0, 0.05) is 11.6 Å². The molecule has 2 aromatic carbocycles. The average molecular weight is 232 g/mol. The van der Waals surface area contributed by atoms with Crippen LogP contribution in [0, 0.1) is 0 Å². The van der Waals surface area contributed by atoms with E-state index >= 15 is 0 Å². The van der Waals surface area contributed by atoms with E-state index in [4.69, 9.17) is 17.3 Å². The Morgan fingerprint density at radius 2 is 1.50 bits per heavy atom. The molecule has 16 heavy (non-hydrogen) atoms. The van der Waals surface area contributed by atoms with Gasteiger partial charge in [-0.2, -0.15) is 0 Å². The first-order valence-corrected chi connectivity index (χ1v) is 5.68. The monoisotopic (exact) mass is 231 g/mol. The van der Waals surface area contributed by atoms with Gasteiger partial charge in [0.2, 0.25) is 0 Å². The van der Waals surface area contributed by atoms with E-state index in [-0.39, 0.29) is 0 Å². The van der Waals surface area contributed by atoms with Gasteiger partial charge in [0.05, 0.1) is 0 Å². The molecule has 0 saturated carbocycles. The van der Waals surface area contributed by atoms with Gasteiger partial charge < -0.3 is 5.73 Å². The van der Waals surface area contributed by atoms with Gasteiger partial charge in [-0.3, -0.25) is 0 Å². The van der Waals surface area contributed by atoms with Crippen molar-refractivity contribution in [3.8, 4) is 0 Å². The smallest absolute Gasteiger partial charge is 0.0441 e. The standard InChI is InChI=1S/C14H14ClN/c15-14-4-2-1-3-13(14)9-11-5-7-12(10-16)8-6-11/h1-8H,9-10,16H2. The van der Waals surface area contributed by atoms with E-state index in [1.54, 1.807) is 0 Å². The van der Waals surface area contributed by atoms with Crippen LogP contribution in [0.15, 0.2) is 48.5 Å². The molecule has 0 atom stereocenters. The lowest BCUT2D eigenvalue weighted by molar-refractivity contribution is 1.06. The maximum atomic E-state index is 6.11. The largest absolute Gasteiger partial charge is 0.326 e. The molecule has 0 aliphatic carbocycles. The number of rotatable bonds is 3. The zero-order valence-electron chi connectivity index (χ0n) is 8.99. The second-order valence-electron chi connectivity index (χ2n) is 3.79. The minimum Gasteiger partial charge on any atom is -0.326 e. The highest BCUT2D eigenvalue weighted by Crippen LogP contribution is 2.19. The van der Waals surface area contributed by atoms with Crippen molar-refractivity contribution in [1.29, 1.82) is 0 Å². The molecule has 0 aliphatic rings. The Morgan fingerprint density at radius 1 is 0.875 bits per heavy atom. The maximum absolute atomic E-state index is 6.11. The summed E-state index contributed by atoms with van der Waals surface area (Å²) in [6.07, 6.45) is 0.866. The third-order valence-corrected chi connectivity index (χ3v) is 2.98. The normalized spacial score (nSPS) is 10.4. The Balaban J connectivity index is 2.18. The van der Waals surface area contributed by atoms with Crippen molar-refractivity contribution in [2.75, 3.05) is 0 Å². The number of benzene rings is 2. The summed E-state index contributed by atoms with van der Waals surface area (Å²) in [5.74, 6) is 0. The Morgan fingerprint density at radius 3 is 2.12 bits per heavy atom. The third kappa shape index (κ3) is 2.63. The van der Waals surface area contributed by atoms with Crippen molar-refractivity contribution in [2.24, 2.45) is 5.73 Å². The molecule has 2 N–H and O–H groups in total. The first kappa shape index (κ1) is 11.2. The highest BCUT2D eigenvalue weighted by Gasteiger charge is 2.00. The van der Waals surface area contributed by atoms with E-state index < -0.39 is 0 Å². The summed E-state index contributed by atoms with van der Waals surface area (Å²) in [5.41, 5.74) is 9.12. The van der Waals surface area contributed by atoms with Crippen LogP contribution >= 0.6 is 11.6 Å². The Kier molecular flexibility index (Phi) is 3.60. The van der Waals surface area contributed by atoms with E-state index in [0.29, 0.717) is 6.54 Å². The molecule has 2 rings (SSSR count). The molecule has 2 aromatic rings. The van der Waals surface area contributed by atoms with Crippen molar-refractivity contribution in [1.82, 2.24) is 0 Å². The molecule has 0 heterocycles. The summed E-state index contributed by atoms with van der Waals surface area (Å²) in [4.78, 5) is 0. The van der Waals surface area contributed by atoms with E-state index in [2.05, 4.69) is 30.3 Å². The Hall–Kier alpha value is -1.31. The lowest BCUT2D eigenvalue weighted by Gasteiger charge is -2.05. The van der Waals surface area contributed by atoms with Crippen LogP contribution in [0.4, 0.5) is 0 Å². The molecule has 0 saturated heterocycles. The van der Waals surface area contributed by atoms with Gasteiger partial charge >= 0.3 is 0 Å². The van der Waals surface area contributed by atoms with E-state index in [1.165, 1.54) is 5.56 Å². The maximum Gasteiger partial charge on any atom is 0.0441 e. The fourth-order valence-corrected chi connectivity index (χ4v) is 1.86. The van der Waals surface area contributed by atoms with Gasteiger partial charge in [-0.25, -0.2) is 0 Å². The number of hydrogen-bond donors (Lipinski definition) is 1. The Labute approximate surface area is 101 Å². The predicted molar refractivity (Wildman–Crippen MR) is 68.6 cm³/mol. The molecule has 82 valence electrons.